The zero-order valence-electron chi connectivity index (χ0n) is 11.5. The van der Waals surface area contributed by atoms with E-state index in [0.717, 1.165) is 16.4 Å². The summed E-state index contributed by atoms with van der Waals surface area (Å²) in [6, 6.07) is 7.19. The molecule has 1 unspecified atom stereocenters. The van der Waals surface area contributed by atoms with Gasteiger partial charge in [-0.3, -0.25) is 9.59 Å². The SMILES string of the molecule is O=C(NC1CC1)C1COCCN1C(=O)c1cccc(I)c1. The summed E-state index contributed by atoms with van der Waals surface area (Å²) < 4.78 is 6.39. The molecule has 6 heteroatoms. The van der Waals surface area contributed by atoms with E-state index in [0.29, 0.717) is 18.7 Å². The normalized spacial score (nSPS) is 22.0. The van der Waals surface area contributed by atoms with E-state index >= 15 is 0 Å². The Morgan fingerprint density at radius 3 is 2.86 bits per heavy atom. The van der Waals surface area contributed by atoms with Gasteiger partial charge in [-0.25, -0.2) is 0 Å². The molecule has 21 heavy (non-hydrogen) atoms. The first kappa shape index (κ1) is 14.8. The van der Waals surface area contributed by atoms with Gasteiger partial charge in [0.1, 0.15) is 6.04 Å². The molecule has 1 N–H and O–H groups in total. The Bertz CT molecular complexity index is 560. The van der Waals surface area contributed by atoms with Crippen molar-refractivity contribution >= 4 is 34.4 Å². The van der Waals surface area contributed by atoms with Gasteiger partial charge in [0.2, 0.25) is 5.91 Å². The van der Waals surface area contributed by atoms with Crippen molar-refractivity contribution in [2.75, 3.05) is 19.8 Å². The third kappa shape index (κ3) is 3.55. The minimum Gasteiger partial charge on any atom is -0.377 e. The van der Waals surface area contributed by atoms with Crippen LogP contribution >= 0.6 is 22.6 Å². The van der Waals surface area contributed by atoms with E-state index in [2.05, 4.69) is 27.9 Å². The van der Waals surface area contributed by atoms with Crippen LogP contribution < -0.4 is 5.32 Å². The Kier molecular flexibility index (Phi) is 4.44. The Labute approximate surface area is 137 Å². The predicted octanol–water partition coefficient (Wildman–Crippen LogP) is 1.41. The van der Waals surface area contributed by atoms with E-state index in [9.17, 15) is 9.59 Å². The second-order valence-corrected chi connectivity index (χ2v) is 6.63. The highest BCUT2D eigenvalue weighted by Crippen LogP contribution is 2.20. The molecule has 112 valence electrons. The third-order valence-electron chi connectivity index (χ3n) is 3.69. The van der Waals surface area contributed by atoms with E-state index in [-0.39, 0.29) is 24.5 Å². The van der Waals surface area contributed by atoms with Crippen molar-refractivity contribution in [2.24, 2.45) is 0 Å². The molecule has 1 heterocycles. The number of halogens is 1. The largest absolute Gasteiger partial charge is 0.377 e. The monoisotopic (exact) mass is 400 g/mol. The van der Waals surface area contributed by atoms with Gasteiger partial charge in [-0.05, 0) is 53.6 Å². The fourth-order valence-electron chi connectivity index (χ4n) is 2.38. The molecule has 1 aromatic rings. The standard InChI is InChI=1S/C15H17IN2O3/c16-11-3-1-2-10(8-11)15(20)18-6-7-21-9-13(18)14(19)17-12-4-5-12/h1-3,8,12-13H,4-7,9H2,(H,17,19). The maximum absolute atomic E-state index is 12.7. The smallest absolute Gasteiger partial charge is 0.254 e. The van der Waals surface area contributed by atoms with Crippen LogP contribution in [0.5, 0.6) is 0 Å². The highest BCUT2D eigenvalue weighted by atomic mass is 127. The number of hydrogen-bond donors (Lipinski definition) is 1. The van der Waals surface area contributed by atoms with Crippen molar-refractivity contribution in [3.05, 3.63) is 33.4 Å². The van der Waals surface area contributed by atoms with E-state index in [1.165, 1.54) is 0 Å². The summed E-state index contributed by atoms with van der Waals surface area (Å²) in [6.07, 6.45) is 2.06. The van der Waals surface area contributed by atoms with E-state index < -0.39 is 6.04 Å². The van der Waals surface area contributed by atoms with Crippen LogP contribution in [0.4, 0.5) is 0 Å². The number of rotatable bonds is 3. The molecule has 5 nitrogen and oxygen atoms in total. The topological polar surface area (TPSA) is 58.6 Å². The average molecular weight is 400 g/mol. The number of benzene rings is 1. The molecular weight excluding hydrogens is 383 g/mol. The summed E-state index contributed by atoms with van der Waals surface area (Å²) in [4.78, 5) is 26.6. The molecule has 2 fully saturated rings. The van der Waals surface area contributed by atoms with Crippen molar-refractivity contribution in [3.63, 3.8) is 0 Å². The van der Waals surface area contributed by atoms with Crippen LogP contribution in [0.1, 0.15) is 23.2 Å². The maximum Gasteiger partial charge on any atom is 0.254 e. The molecule has 1 atom stereocenters. The number of hydrogen-bond acceptors (Lipinski definition) is 3. The lowest BCUT2D eigenvalue weighted by atomic mass is 10.1. The number of amides is 2. The Hall–Kier alpha value is -1.15. The second kappa shape index (κ2) is 6.31. The molecule has 0 bridgehead atoms. The molecule has 3 rings (SSSR count). The van der Waals surface area contributed by atoms with Gasteiger partial charge in [-0.15, -0.1) is 0 Å². The predicted molar refractivity (Wildman–Crippen MR) is 86.0 cm³/mol. The molecule has 1 aromatic carbocycles. The van der Waals surface area contributed by atoms with Gasteiger partial charge in [0, 0.05) is 21.7 Å². The Morgan fingerprint density at radius 2 is 2.14 bits per heavy atom. The van der Waals surface area contributed by atoms with Gasteiger partial charge in [0.25, 0.3) is 5.91 Å². The number of carbonyl (C=O) groups is 2. The van der Waals surface area contributed by atoms with E-state index in [1.807, 2.05) is 18.2 Å². The first-order chi connectivity index (χ1) is 10.1. The quantitative estimate of drug-likeness (QED) is 0.781. The molecular formula is C15H17IN2O3. The maximum atomic E-state index is 12.7. The molecule has 2 amide bonds. The van der Waals surface area contributed by atoms with Crippen molar-refractivity contribution in [3.8, 4) is 0 Å². The molecule has 0 aromatic heterocycles. The van der Waals surface area contributed by atoms with Crippen LogP contribution in [-0.2, 0) is 9.53 Å². The van der Waals surface area contributed by atoms with Crippen LogP contribution in [0.25, 0.3) is 0 Å². The fourth-order valence-corrected chi connectivity index (χ4v) is 2.92. The molecule has 1 saturated carbocycles. The van der Waals surface area contributed by atoms with E-state index in [4.69, 9.17) is 4.74 Å². The van der Waals surface area contributed by atoms with Crippen molar-refractivity contribution in [2.45, 2.75) is 24.9 Å². The number of carbonyl (C=O) groups excluding carboxylic acids is 2. The second-order valence-electron chi connectivity index (χ2n) is 5.38. The number of morpholine rings is 1. The molecule has 0 radical (unpaired) electrons. The lowest BCUT2D eigenvalue weighted by molar-refractivity contribution is -0.130. The Balaban J connectivity index is 1.76. The van der Waals surface area contributed by atoms with Crippen molar-refractivity contribution in [1.82, 2.24) is 10.2 Å². The summed E-state index contributed by atoms with van der Waals surface area (Å²) in [6.45, 7) is 1.20. The summed E-state index contributed by atoms with van der Waals surface area (Å²) in [5, 5.41) is 2.96. The number of ether oxygens (including phenoxy) is 1. The Morgan fingerprint density at radius 1 is 1.33 bits per heavy atom. The molecule has 1 saturated heterocycles. The van der Waals surface area contributed by atoms with Crippen LogP contribution in [0.15, 0.2) is 24.3 Å². The van der Waals surface area contributed by atoms with E-state index in [1.54, 1.807) is 11.0 Å². The zero-order valence-corrected chi connectivity index (χ0v) is 13.7. The molecule has 2 aliphatic rings. The van der Waals surface area contributed by atoms with Gasteiger partial charge in [-0.2, -0.15) is 0 Å². The van der Waals surface area contributed by atoms with Gasteiger partial charge in [0.15, 0.2) is 0 Å². The van der Waals surface area contributed by atoms with Crippen molar-refractivity contribution < 1.29 is 14.3 Å². The summed E-state index contributed by atoms with van der Waals surface area (Å²) >= 11 is 2.18. The number of nitrogens with one attached hydrogen (secondary N) is 1. The fraction of sp³-hybridized carbons (Fsp3) is 0.467. The summed E-state index contributed by atoms with van der Waals surface area (Å²) in [5.74, 6) is -0.205. The van der Waals surface area contributed by atoms with Crippen LogP contribution in [-0.4, -0.2) is 48.6 Å². The number of nitrogens with zero attached hydrogens (tertiary/aromatic N) is 1. The van der Waals surface area contributed by atoms with Gasteiger partial charge < -0.3 is 15.0 Å². The molecule has 1 aliphatic carbocycles. The minimum atomic E-state index is -0.523. The summed E-state index contributed by atoms with van der Waals surface area (Å²) in [7, 11) is 0. The first-order valence-electron chi connectivity index (χ1n) is 7.10. The molecule has 0 spiro atoms. The van der Waals surface area contributed by atoms with Gasteiger partial charge in [0.05, 0.1) is 13.2 Å². The van der Waals surface area contributed by atoms with Crippen LogP contribution in [0.2, 0.25) is 0 Å². The third-order valence-corrected chi connectivity index (χ3v) is 4.36. The average Bonchev–Trinajstić information content (AvgIpc) is 3.30. The summed E-state index contributed by atoms with van der Waals surface area (Å²) in [5.41, 5.74) is 0.619. The highest BCUT2D eigenvalue weighted by molar-refractivity contribution is 14.1. The van der Waals surface area contributed by atoms with Gasteiger partial charge in [-0.1, -0.05) is 6.07 Å². The lowest BCUT2D eigenvalue weighted by Gasteiger charge is -2.34. The highest BCUT2D eigenvalue weighted by Gasteiger charge is 2.35. The van der Waals surface area contributed by atoms with Crippen molar-refractivity contribution in [1.29, 1.82) is 0 Å². The lowest BCUT2D eigenvalue weighted by Crippen LogP contribution is -2.56. The van der Waals surface area contributed by atoms with Crippen LogP contribution in [0.3, 0.4) is 0 Å². The molecule has 1 aliphatic heterocycles. The van der Waals surface area contributed by atoms with Gasteiger partial charge >= 0.3 is 0 Å². The first-order valence-corrected chi connectivity index (χ1v) is 8.17. The van der Waals surface area contributed by atoms with Crippen LogP contribution in [0, 0.1) is 3.57 Å². The minimum absolute atomic E-state index is 0.101. The zero-order chi connectivity index (χ0) is 14.8.